The number of hydrogen-bond donors (Lipinski definition) is 0. The van der Waals surface area contributed by atoms with Crippen LogP contribution in [0.5, 0.6) is 0 Å². The van der Waals surface area contributed by atoms with Crippen LogP contribution in [0, 0.1) is 0 Å². The number of fused-ring (bicyclic) bond motifs is 1. The van der Waals surface area contributed by atoms with Gasteiger partial charge in [-0.25, -0.2) is 24.9 Å². The predicted octanol–water partition coefficient (Wildman–Crippen LogP) is 1.81. The molecule has 0 N–H and O–H groups in total. The second-order valence-electron chi connectivity index (χ2n) is 5.04. The summed E-state index contributed by atoms with van der Waals surface area (Å²) < 4.78 is 5.72. The second kappa shape index (κ2) is 5.48. The number of rotatable bonds is 3. The minimum Gasteiger partial charge on any atom is -0.474 e. The van der Waals surface area contributed by atoms with Gasteiger partial charge in [-0.2, -0.15) is 0 Å². The fourth-order valence-electron chi connectivity index (χ4n) is 2.49. The van der Waals surface area contributed by atoms with Gasteiger partial charge in [0.1, 0.15) is 18.5 Å². The van der Waals surface area contributed by atoms with Gasteiger partial charge in [0.05, 0.1) is 6.04 Å². The van der Waals surface area contributed by atoms with Crippen molar-refractivity contribution in [3.05, 3.63) is 60.3 Å². The third-order valence-electron chi connectivity index (χ3n) is 3.50. The number of hydrogen-bond acceptors (Lipinski definition) is 6. The molecule has 1 aliphatic rings. The number of benzene rings is 1. The van der Waals surface area contributed by atoms with E-state index < -0.39 is 0 Å². The van der Waals surface area contributed by atoms with Crippen molar-refractivity contribution in [3.63, 3.8) is 0 Å². The molecule has 6 heteroatoms. The first kappa shape index (κ1) is 12.8. The van der Waals surface area contributed by atoms with Gasteiger partial charge in [0, 0.05) is 12.4 Å². The molecule has 1 aliphatic heterocycles. The normalized spacial score (nSPS) is 17.3. The Morgan fingerprint density at radius 2 is 1.86 bits per heavy atom. The van der Waals surface area contributed by atoms with Gasteiger partial charge in [0.2, 0.25) is 5.90 Å². The number of aliphatic imine (C=N–C) groups is 1. The van der Waals surface area contributed by atoms with Gasteiger partial charge in [-0.15, -0.1) is 0 Å². The molecule has 0 radical (unpaired) electrons. The van der Waals surface area contributed by atoms with Gasteiger partial charge in [-0.05, 0) is 12.0 Å². The van der Waals surface area contributed by atoms with Crippen molar-refractivity contribution in [2.24, 2.45) is 4.99 Å². The van der Waals surface area contributed by atoms with Crippen molar-refractivity contribution in [2.75, 3.05) is 6.61 Å². The molecule has 1 atom stereocenters. The van der Waals surface area contributed by atoms with E-state index in [1.807, 2.05) is 18.2 Å². The third-order valence-corrected chi connectivity index (χ3v) is 3.50. The quantitative estimate of drug-likeness (QED) is 0.735. The zero-order chi connectivity index (χ0) is 14.8. The highest BCUT2D eigenvalue weighted by Crippen LogP contribution is 2.18. The number of nitrogens with zero attached hydrogens (tertiary/aromatic N) is 5. The molecule has 2 aromatic heterocycles. The Morgan fingerprint density at radius 3 is 2.77 bits per heavy atom. The molecule has 6 nitrogen and oxygen atoms in total. The molecule has 0 bridgehead atoms. The van der Waals surface area contributed by atoms with E-state index in [0.717, 1.165) is 6.42 Å². The summed E-state index contributed by atoms with van der Waals surface area (Å²) in [7, 11) is 0. The minimum atomic E-state index is 0.0964. The summed E-state index contributed by atoms with van der Waals surface area (Å²) in [4.78, 5) is 21.5. The van der Waals surface area contributed by atoms with Gasteiger partial charge in [0.15, 0.2) is 11.3 Å². The summed E-state index contributed by atoms with van der Waals surface area (Å²) in [5.41, 5.74) is 3.01. The molecule has 0 amide bonds. The molecule has 0 saturated carbocycles. The molecule has 3 aromatic rings. The van der Waals surface area contributed by atoms with Crippen molar-refractivity contribution in [3.8, 4) is 0 Å². The molecule has 1 unspecified atom stereocenters. The van der Waals surface area contributed by atoms with E-state index in [2.05, 4.69) is 37.1 Å². The van der Waals surface area contributed by atoms with Crippen LogP contribution >= 0.6 is 0 Å². The Balaban J connectivity index is 1.64. The average Bonchev–Trinajstić information content (AvgIpc) is 3.03. The summed E-state index contributed by atoms with van der Waals surface area (Å²) >= 11 is 0. The molecule has 0 aliphatic carbocycles. The molecule has 3 heterocycles. The standard InChI is InChI=1S/C16H13N5O/c1-2-4-11(5-3-1)8-12-9-22-16(21-12)14-13-15(20-10-19-14)18-7-6-17-13/h1-7,10,12H,8-9H2. The van der Waals surface area contributed by atoms with Crippen LogP contribution in [0.1, 0.15) is 11.3 Å². The molecule has 0 fully saturated rings. The largest absolute Gasteiger partial charge is 0.474 e. The van der Waals surface area contributed by atoms with Gasteiger partial charge < -0.3 is 4.74 Å². The molecular formula is C16H13N5O. The van der Waals surface area contributed by atoms with Gasteiger partial charge >= 0.3 is 0 Å². The summed E-state index contributed by atoms with van der Waals surface area (Å²) in [6, 6.07) is 10.4. The lowest BCUT2D eigenvalue weighted by atomic mass is 10.1. The number of ether oxygens (including phenoxy) is 1. The zero-order valence-electron chi connectivity index (χ0n) is 11.8. The first-order chi connectivity index (χ1) is 10.9. The van der Waals surface area contributed by atoms with Crippen LogP contribution in [0.4, 0.5) is 0 Å². The first-order valence-corrected chi connectivity index (χ1v) is 7.07. The van der Waals surface area contributed by atoms with Crippen molar-refractivity contribution >= 4 is 17.1 Å². The van der Waals surface area contributed by atoms with Gasteiger partial charge in [0.25, 0.3) is 0 Å². The first-order valence-electron chi connectivity index (χ1n) is 7.07. The second-order valence-corrected chi connectivity index (χ2v) is 5.04. The highest BCUT2D eigenvalue weighted by Gasteiger charge is 2.23. The predicted molar refractivity (Wildman–Crippen MR) is 81.6 cm³/mol. The van der Waals surface area contributed by atoms with E-state index in [4.69, 9.17) is 4.74 Å². The van der Waals surface area contributed by atoms with Crippen molar-refractivity contribution in [1.29, 1.82) is 0 Å². The molecule has 108 valence electrons. The lowest BCUT2D eigenvalue weighted by Gasteiger charge is -2.04. The molecule has 1 aromatic carbocycles. The Hall–Kier alpha value is -2.89. The molecule has 4 rings (SSSR count). The van der Waals surface area contributed by atoms with Crippen LogP contribution in [0.15, 0.2) is 54.0 Å². The number of aromatic nitrogens is 4. The average molecular weight is 291 g/mol. The summed E-state index contributed by atoms with van der Waals surface area (Å²) in [6.07, 6.45) is 5.53. The van der Waals surface area contributed by atoms with E-state index in [1.54, 1.807) is 12.4 Å². The van der Waals surface area contributed by atoms with Crippen molar-refractivity contribution < 1.29 is 4.74 Å². The third kappa shape index (κ3) is 2.39. The SMILES string of the molecule is c1ccc(CC2COC(c3ncnc4nccnc34)=N2)cc1. The van der Waals surface area contributed by atoms with Crippen molar-refractivity contribution in [2.45, 2.75) is 12.5 Å². The monoisotopic (exact) mass is 291 g/mol. The summed E-state index contributed by atoms with van der Waals surface area (Å²) in [5.74, 6) is 0.522. The zero-order valence-corrected chi connectivity index (χ0v) is 11.8. The highest BCUT2D eigenvalue weighted by atomic mass is 16.5. The van der Waals surface area contributed by atoms with Crippen LogP contribution in [-0.4, -0.2) is 38.5 Å². The minimum absolute atomic E-state index is 0.0964. The van der Waals surface area contributed by atoms with Crippen molar-refractivity contribution in [1.82, 2.24) is 19.9 Å². The Labute approximate surface area is 127 Å². The molecular weight excluding hydrogens is 278 g/mol. The van der Waals surface area contributed by atoms with E-state index in [9.17, 15) is 0 Å². The van der Waals surface area contributed by atoms with E-state index in [1.165, 1.54) is 11.9 Å². The van der Waals surface area contributed by atoms with Crippen LogP contribution in [0.3, 0.4) is 0 Å². The van der Waals surface area contributed by atoms with Crippen LogP contribution in [0.2, 0.25) is 0 Å². The van der Waals surface area contributed by atoms with Crippen LogP contribution in [-0.2, 0) is 11.2 Å². The Bertz CT molecular complexity index is 829. The maximum Gasteiger partial charge on any atom is 0.238 e. The van der Waals surface area contributed by atoms with Crippen LogP contribution in [0.25, 0.3) is 11.2 Å². The van der Waals surface area contributed by atoms with E-state index >= 15 is 0 Å². The van der Waals surface area contributed by atoms with E-state index in [0.29, 0.717) is 29.4 Å². The van der Waals surface area contributed by atoms with Gasteiger partial charge in [-0.1, -0.05) is 30.3 Å². The molecule has 0 spiro atoms. The van der Waals surface area contributed by atoms with Crippen LogP contribution < -0.4 is 0 Å². The lowest BCUT2D eigenvalue weighted by Crippen LogP contribution is -2.10. The summed E-state index contributed by atoms with van der Waals surface area (Å²) in [6.45, 7) is 0.552. The lowest BCUT2D eigenvalue weighted by molar-refractivity contribution is 0.316. The Kier molecular flexibility index (Phi) is 3.19. The smallest absolute Gasteiger partial charge is 0.238 e. The maximum atomic E-state index is 5.72. The topological polar surface area (TPSA) is 73.2 Å². The van der Waals surface area contributed by atoms with E-state index in [-0.39, 0.29) is 6.04 Å². The molecule has 0 saturated heterocycles. The van der Waals surface area contributed by atoms with Gasteiger partial charge in [-0.3, -0.25) is 0 Å². The Morgan fingerprint density at radius 1 is 1.00 bits per heavy atom. The summed E-state index contributed by atoms with van der Waals surface area (Å²) in [5, 5.41) is 0. The highest BCUT2D eigenvalue weighted by molar-refractivity contribution is 6.02. The fourth-order valence-corrected chi connectivity index (χ4v) is 2.49. The maximum absolute atomic E-state index is 5.72. The molecule has 22 heavy (non-hydrogen) atoms. The fraction of sp³-hybridized carbons (Fsp3) is 0.188.